The molecule has 1 saturated heterocycles. The van der Waals surface area contributed by atoms with Gasteiger partial charge in [-0.3, -0.25) is 13.5 Å². The second-order valence-corrected chi connectivity index (χ2v) is 8.64. The Morgan fingerprint density at radius 3 is 2.39 bits per heavy atom. The molecule has 1 fully saturated rings. The lowest BCUT2D eigenvalue weighted by atomic mass is 9.93. The molecule has 31 heavy (non-hydrogen) atoms. The summed E-state index contributed by atoms with van der Waals surface area (Å²) in [6.07, 6.45) is 7.78. The number of piperidine rings is 1. The van der Waals surface area contributed by atoms with Gasteiger partial charge in [0.1, 0.15) is 0 Å². The predicted octanol–water partition coefficient (Wildman–Crippen LogP) is 1.48. The third-order valence-electron chi connectivity index (χ3n) is 5.57. The van der Waals surface area contributed by atoms with Crippen LogP contribution in [0.2, 0.25) is 0 Å². The summed E-state index contributed by atoms with van der Waals surface area (Å²) in [5.74, 6) is 3.94. The van der Waals surface area contributed by atoms with E-state index >= 15 is 0 Å². The number of aromatic nitrogens is 1. The molecule has 2 N–H and O–H groups in total. The molecule has 1 aliphatic rings. The fraction of sp³-hybridized carbons (Fsp3) is 0.476. The van der Waals surface area contributed by atoms with E-state index in [2.05, 4.69) is 15.0 Å². The van der Waals surface area contributed by atoms with Crippen molar-refractivity contribution < 1.29 is 22.1 Å². The van der Waals surface area contributed by atoms with E-state index in [-0.39, 0.29) is 18.7 Å². The van der Waals surface area contributed by atoms with Crippen LogP contribution in [0.15, 0.2) is 23.0 Å². The fourth-order valence-electron chi connectivity index (χ4n) is 4.00. The highest BCUT2D eigenvalue weighted by atomic mass is 32.2. The maximum Gasteiger partial charge on any atom is 0.333 e. The van der Waals surface area contributed by atoms with Crippen molar-refractivity contribution in [3.8, 4) is 23.8 Å². The molecule has 9 nitrogen and oxygen atoms in total. The first-order valence-electron chi connectivity index (χ1n) is 9.92. The number of benzene rings is 1. The number of fused-ring (bicyclic) bond motifs is 1. The van der Waals surface area contributed by atoms with Crippen molar-refractivity contribution in [3.05, 3.63) is 28.6 Å². The fourth-order valence-corrected chi connectivity index (χ4v) is 4.33. The molecule has 2 heterocycles. The van der Waals surface area contributed by atoms with Gasteiger partial charge in [0.05, 0.1) is 38.6 Å². The van der Waals surface area contributed by atoms with Crippen molar-refractivity contribution >= 4 is 26.9 Å². The van der Waals surface area contributed by atoms with E-state index in [4.69, 9.17) is 21.0 Å². The Morgan fingerprint density at radius 2 is 1.81 bits per heavy atom. The zero-order valence-electron chi connectivity index (χ0n) is 17.7. The second kappa shape index (κ2) is 9.60. The number of hydrogen-bond donors (Lipinski definition) is 1. The molecular weight excluding hydrogens is 422 g/mol. The number of nitrogens with zero attached hydrogens (tertiary/aromatic N) is 2. The Labute approximate surface area is 181 Å². The number of hydrogen-bond acceptors (Lipinski definition) is 7. The van der Waals surface area contributed by atoms with Crippen molar-refractivity contribution in [3.63, 3.8) is 0 Å². The molecule has 10 heteroatoms. The lowest BCUT2D eigenvalue weighted by molar-refractivity contribution is 0.263. The van der Waals surface area contributed by atoms with E-state index in [1.54, 1.807) is 26.4 Å². The molecule has 1 aliphatic heterocycles. The van der Waals surface area contributed by atoms with Crippen molar-refractivity contribution in [2.24, 2.45) is 11.1 Å². The molecule has 0 spiro atoms. The molecule has 0 bridgehead atoms. The first-order valence-corrected chi connectivity index (χ1v) is 11.4. The number of nitrogens with two attached hydrogens (primary N) is 1. The maximum atomic E-state index is 12.8. The molecule has 0 unspecified atom stereocenters. The molecular formula is C21H27N3O6S. The van der Waals surface area contributed by atoms with Gasteiger partial charge >= 0.3 is 10.3 Å². The van der Waals surface area contributed by atoms with Crippen LogP contribution in [-0.4, -0.2) is 46.9 Å². The predicted molar refractivity (Wildman–Crippen MR) is 119 cm³/mol. The quantitative estimate of drug-likeness (QED) is 0.607. The molecule has 0 radical (unpaired) electrons. The van der Waals surface area contributed by atoms with Crippen molar-refractivity contribution in [2.75, 3.05) is 38.8 Å². The number of rotatable bonds is 8. The number of pyridine rings is 1. The van der Waals surface area contributed by atoms with Crippen LogP contribution >= 0.6 is 0 Å². The van der Waals surface area contributed by atoms with Crippen LogP contribution < -0.4 is 25.1 Å². The van der Waals surface area contributed by atoms with Crippen LogP contribution in [0.1, 0.15) is 19.3 Å². The highest BCUT2D eigenvalue weighted by Crippen LogP contribution is 2.37. The highest BCUT2D eigenvalue weighted by molar-refractivity contribution is 7.84. The van der Waals surface area contributed by atoms with Gasteiger partial charge in [-0.05, 0) is 31.2 Å². The van der Waals surface area contributed by atoms with Gasteiger partial charge in [0.25, 0.3) is 5.56 Å². The lowest BCUT2D eigenvalue weighted by Crippen LogP contribution is -2.35. The average molecular weight is 450 g/mol. The smallest absolute Gasteiger partial charge is 0.333 e. The van der Waals surface area contributed by atoms with Crippen molar-refractivity contribution in [2.45, 2.75) is 25.8 Å². The largest absolute Gasteiger partial charge is 0.493 e. The van der Waals surface area contributed by atoms with Crippen LogP contribution in [0.4, 0.5) is 5.69 Å². The monoisotopic (exact) mass is 449 g/mol. The molecule has 3 rings (SSSR count). The summed E-state index contributed by atoms with van der Waals surface area (Å²) in [5.41, 5.74) is 1.31. The Morgan fingerprint density at radius 1 is 1.16 bits per heavy atom. The van der Waals surface area contributed by atoms with Crippen molar-refractivity contribution in [1.29, 1.82) is 0 Å². The third kappa shape index (κ3) is 5.31. The van der Waals surface area contributed by atoms with Crippen LogP contribution in [0.3, 0.4) is 0 Å². The van der Waals surface area contributed by atoms with Crippen molar-refractivity contribution in [1.82, 2.24) is 4.57 Å². The number of anilines is 1. The van der Waals surface area contributed by atoms with Gasteiger partial charge in [0.2, 0.25) is 0 Å². The van der Waals surface area contributed by atoms with Gasteiger partial charge in [-0.15, -0.1) is 6.42 Å². The Hall–Kier alpha value is -2.74. The molecule has 2 aromatic rings. The maximum absolute atomic E-state index is 12.8. The summed E-state index contributed by atoms with van der Waals surface area (Å²) < 4.78 is 38.9. The molecule has 1 aromatic heterocycles. The third-order valence-corrected chi connectivity index (χ3v) is 6.07. The zero-order valence-corrected chi connectivity index (χ0v) is 18.5. The minimum Gasteiger partial charge on any atom is -0.493 e. The summed E-state index contributed by atoms with van der Waals surface area (Å²) in [7, 11) is -0.804. The lowest BCUT2D eigenvalue weighted by Gasteiger charge is -2.34. The molecule has 168 valence electrons. The van der Waals surface area contributed by atoms with E-state index in [0.29, 0.717) is 29.4 Å². The standard InChI is InChI=1S/C21H27N3O6S/c1-4-8-24-18-13-20(29-3)19(28-2)12-16(18)17(14-21(24)25)23-9-5-15(6-10-23)7-11-30-31(22,26)27/h1,12-15H,5-11H2,2-3H3,(H2,22,26,27). The summed E-state index contributed by atoms with van der Waals surface area (Å²) in [4.78, 5) is 15.0. The Kier molecular flexibility index (Phi) is 7.10. The van der Waals surface area contributed by atoms with Gasteiger partial charge in [0.15, 0.2) is 11.5 Å². The first-order chi connectivity index (χ1) is 14.8. The SMILES string of the molecule is C#CCn1c(=O)cc(N2CCC(CCOS(N)(=O)=O)CC2)c2cc(OC)c(OC)cc21. The molecule has 0 aliphatic carbocycles. The van der Waals surface area contributed by atoms with E-state index in [1.165, 1.54) is 4.57 Å². The van der Waals surface area contributed by atoms with Gasteiger partial charge in [0, 0.05) is 30.6 Å². The van der Waals surface area contributed by atoms with Crippen LogP contribution in [-0.2, 0) is 21.0 Å². The van der Waals surface area contributed by atoms with Crippen LogP contribution in [0.5, 0.6) is 11.5 Å². The van der Waals surface area contributed by atoms with Gasteiger partial charge < -0.3 is 14.4 Å². The van der Waals surface area contributed by atoms with Crippen LogP contribution in [0.25, 0.3) is 10.9 Å². The molecule has 0 amide bonds. The number of ether oxygens (including phenoxy) is 2. The number of methoxy groups -OCH3 is 2. The van der Waals surface area contributed by atoms with E-state index < -0.39 is 10.3 Å². The minimum absolute atomic E-state index is 0.0750. The first kappa shape index (κ1) is 22.9. The summed E-state index contributed by atoms with van der Waals surface area (Å²) in [6.45, 7) is 1.67. The number of terminal acetylenes is 1. The normalized spacial score (nSPS) is 15.1. The average Bonchev–Trinajstić information content (AvgIpc) is 2.74. The summed E-state index contributed by atoms with van der Waals surface area (Å²) in [6, 6.07) is 5.24. The van der Waals surface area contributed by atoms with Gasteiger partial charge in [-0.25, -0.2) is 5.14 Å². The second-order valence-electron chi connectivity index (χ2n) is 7.42. The van der Waals surface area contributed by atoms with E-state index in [1.807, 2.05) is 6.07 Å². The van der Waals surface area contributed by atoms with E-state index in [9.17, 15) is 13.2 Å². The minimum atomic E-state index is -3.91. The highest BCUT2D eigenvalue weighted by Gasteiger charge is 2.23. The van der Waals surface area contributed by atoms with E-state index in [0.717, 1.165) is 37.0 Å². The molecule has 0 atom stereocenters. The van der Waals surface area contributed by atoms with Gasteiger partial charge in [-0.1, -0.05) is 5.92 Å². The topological polar surface area (TPSA) is 113 Å². The Bertz CT molecular complexity index is 1140. The summed E-state index contributed by atoms with van der Waals surface area (Å²) >= 11 is 0. The molecule has 0 saturated carbocycles. The summed E-state index contributed by atoms with van der Waals surface area (Å²) in [5, 5.41) is 5.72. The molecule has 1 aromatic carbocycles. The van der Waals surface area contributed by atoms with Crippen LogP contribution in [0, 0.1) is 18.3 Å². The van der Waals surface area contributed by atoms with Gasteiger partial charge in [-0.2, -0.15) is 8.42 Å². The Balaban J connectivity index is 1.90. The zero-order chi connectivity index (χ0) is 22.6.